The van der Waals surface area contributed by atoms with Gasteiger partial charge in [0.05, 0.1) is 19.2 Å². The van der Waals surface area contributed by atoms with E-state index in [-0.39, 0.29) is 24.4 Å². The highest BCUT2D eigenvalue weighted by Gasteiger charge is 2.52. The fraction of sp³-hybridized carbons (Fsp3) is 0.321. The minimum atomic E-state index is -1.01. The maximum Gasteiger partial charge on any atom is 0.219 e. The van der Waals surface area contributed by atoms with E-state index >= 15 is 0 Å². The Labute approximate surface area is 219 Å². The number of halogens is 4. The van der Waals surface area contributed by atoms with E-state index in [1.807, 2.05) is 48.5 Å². The van der Waals surface area contributed by atoms with E-state index in [0.29, 0.717) is 41.8 Å². The Bertz CT molecular complexity index is 1180. The van der Waals surface area contributed by atoms with Gasteiger partial charge in [-0.05, 0) is 53.1 Å². The highest BCUT2D eigenvalue weighted by molar-refractivity contribution is 6.30. The van der Waals surface area contributed by atoms with Crippen LogP contribution in [0.25, 0.3) is 0 Å². The number of hydrogen-bond donors (Lipinski definition) is 0. The van der Waals surface area contributed by atoms with Crippen LogP contribution in [0.2, 0.25) is 10.0 Å². The predicted molar refractivity (Wildman–Crippen MR) is 136 cm³/mol. The quantitative estimate of drug-likeness (QED) is 0.401. The molecule has 1 atom stereocenters. The van der Waals surface area contributed by atoms with Crippen LogP contribution in [-0.4, -0.2) is 48.5 Å². The summed E-state index contributed by atoms with van der Waals surface area (Å²) < 4.78 is 34.9. The lowest BCUT2D eigenvalue weighted by atomic mass is 9.74. The Balaban J connectivity index is 1.49. The molecule has 3 aromatic rings. The molecule has 36 heavy (non-hydrogen) atoms. The van der Waals surface area contributed by atoms with Crippen LogP contribution < -0.4 is 0 Å². The fourth-order valence-electron chi connectivity index (χ4n) is 5.39. The third-order valence-corrected chi connectivity index (χ3v) is 7.75. The van der Waals surface area contributed by atoms with Crippen LogP contribution in [0.3, 0.4) is 0 Å². The minimum Gasteiger partial charge on any atom is -0.366 e. The molecule has 0 radical (unpaired) electrons. The molecule has 188 valence electrons. The van der Waals surface area contributed by atoms with Crippen molar-refractivity contribution in [2.75, 3.05) is 32.8 Å². The number of ether oxygens (including phenoxy) is 1. The van der Waals surface area contributed by atoms with Crippen LogP contribution in [0.15, 0.2) is 66.7 Å². The van der Waals surface area contributed by atoms with Crippen LogP contribution in [0.5, 0.6) is 0 Å². The summed E-state index contributed by atoms with van der Waals surface area (Å²) in [6.45, 7) is 3.72. The molecule has 0 aromatic heterocycles. The number of likely N-dealkylation sites (tertiary alicyclic amines) is 1. The zero-order chi connectivity index (χ0) is 25.4. The molecule has 8 heteroatoms. The Morgan fingerprint density at radius 1 is 0.944 bits per heavy atom. The first-order valence-corrected chi connectivity index (χ1v) is 12.6. The van der Waals surface area contributed by atoms with Gasteiger partial charge in [0, 0.05) is 48.6 Å². The third kappa shape index (κ3) is 4.88. The highest BCUT2D eigenvalue weighted by Crippen LogP contribution is 2.46. The maximum absolute atomic E-state index is 14.3. The van der Waals surface area contributed by atoms with Gasteiger partial charge in [-0.15, -0.1) is 0 Å². The van der Waals surface area contributed by atoms with Gasteiger partial charge in [-0.25, -0.2) is 8.78 Å². The SMILES string of the molecule is CC(=O)N1CCO[C@](c2cc(F)cc(F)c2)(C2CN(C(c3ccc(Cl)cc3)c3ccc(Cl)cc3)C2)C1. The lowest BCUT2D eigenvalue weighted by Crippen LogP contribution is -2.64. The van der Waals surface area contributed by atoms with Gasteiger partial charge >= 0.3 is 0 Å². The highest BCUT2D eigenvalue weighted by atomic mass is 35.5. The number of hydrogen-bond acceptors (Lipinski definition) is 3. The van der Waals surface area contributed by atoms with Crippen molar-refractivity contribution in [3.8, 4) is 0 Å². The van der Waals surface area contributed by atoms with Gasteiger partial charge in [0.1, 0.15) is 17.2 Å². The van der Waals surface area contributed by atoms with Crippen LogP contribution in [0.1, 0.15) is 29.7 Å². The molecular formula is C28H26Cl2F2N2O2. The Kier molecular flexibility index (Phi) is 7.05. The van der Waals surface area contributed by atoms with Gasteiger partial charge in [0.25, 0.3) is 0 Å². The molecule has 5 rings (SSSR count). The summed E-state index contributed by atoms with van der Waals surface area (Å²) in [5.41, 5.74) is 1.56. The maximum atomic E-state index is 14.3. The topological polar surface area (TPSA) is 32.8 Å². The van der Waals surface area contributed by atoms with Crippen LogP contribution in [0.4, 0.5) is 8.78 Å². The van der Waals surface area contributed by atoms with Gasteiger partial charge in [-0.1, -0.05) is 47.5 Å². The molecule has 4 nitrogen and oxygen atoms in total. The normalized spacial score (nSPS) is 21.0. The van der Waals surface area contributed by atoms with Gasteiger partial charge in [-0.2, -0.15) is 0 Å². The summed E-state index contributed by atoms with van der Waals surface area (Å²) in [6, 6.07) is 18.9. The Morgan fingerprint density at radius 2 is 1.47 bits per heavy atom. The molecule has 3 aromatic carbocycles. The summed E-state index contributed by atoms with van der Waals surface area (Å²) >= 11 is 12.3. The molecule has 0 saturated carbocycles. The number of rotatable bonds is 5. The smallest absolute Gasteiger partial charge is 0.219 e. The zero-order valence-electron chi connectivity index (χ0n) is 19.8. The third-order valence-electron chi connectivity index (χ3n) is 7.25. The first-order valence-electron chi connectivity index (χ1n) is 11.9. The van der Waals surface area contributed by atoms with Gasteiger partial charge < -0.3 is 9.64 Å². The number of morpholine rings is 1. The first kappa shape index (κ1) is 25.2. The average Bonchev–Trinajstić information content (AvgIpc) is 2.82. The van der Waals surface area contributed by atoms with Crippen LogP contribution in [0, 0.1) is 17.6 Å². The van der Waals surface area contributed by atoms with E-state index in [1.54, 1.807) is 4.90 Å². The molecule has 2 fully saturated rings. The van der Waals surface area contributed by atoms with Crippen molar-refractivity contribution in [3.05, 3.63) is 105 Å². The van der Waals surface area contributed by atoms with Gasteiger partial charge in [0.2, 0.25) is 5.91 Å². The molecule has 1 amide bonds. The monoisotopic (exact) mass is 530 g/mol. The largest absolute Gasteiger partial charge is 0.366 e. The molecule has 0 unspecified atom stereocenters. The Morgan fingerprint density at radius 3 is 1.97 bits per heavy atom. The summed E-state index contributed by atoms with van der Waals surface area (Å²) in [5, 5.41) is 1.31. The van der Waals surface area contributed by atoms with Crippen LogP contribution >= 0.6 is 23.2 Å². The van der Waals surface area contributed by atoms with Gasteiger partial charge in [0.15, 0.2) is 0 Å². The lowest BCUT2D eigenvalue weighted by Gasteiger charge is -2.55. The van der Waals surface area contributed by atoms with Crippen molar-refractivity contribution in [2.24, 2.45) is 5.92 Å². The second-order valence-electron chi connectivity index (χ2n) is 9.49. The molecular weight excluding hydrogens is 505 g/mol. The summed E-state index contributed by atoms with van der Waals surface area (Å²) in [5.74, 6) is -1.49. The molecule has 0 spiro atoms. The lowest BCUT2D eigenvalue weighted by molar-refractivity contribution is -0.187. The van der Waals surface area contributed by atoms with Crippen molar-refractivity contribution in [1.29, 1.82) is 0 Å². The van der Waals surface area contributed by atoms with E-state index < -0.39 is 17.2 Å². The van der Waals surface area contributed by atoms with E-state index in [1.165, 1.54) is 19.1 Å². The van der Waals surface area contributed by atoms with E-state index in [2.05, 4.69) is 4.90 Å². The summed E-state index contributed by atoms with van der Waals surface area (Å²) in [4.78, 5) is 16.3. The average molecular weight is 531 g/mol. The van der Waals surface area contributed by atoms with E-state index in [4.69, 9.17) is 27.9 Å². The minimum absolute atomic E-state index is 0.0652. The molecule has 2 aliphatic heterocycles. The number of carbonyl (C=O) groups excluding carboxylic acids is 1. The van der Waals surface area contributed by atoms with Crippen molar-refractivity contribution in [2.45, 2.75) is 18.6 Å². The zero-order valence-corrected chi connectivity index (χ0v) is 21.3. The Hall–Kier alpha value is -2.51. The number of amides is 1. The van der Waals surface area contributed by atoms with Gasteiger partial charge in [-0.3, -0.25) is 9.69 Å². The summed E-state index contributed by atoms with van der Waals surface area (Å²) in [6.07, 6.45) is 0. The molecule has 0 N–H and O–H groups in total. The standard InChI is InChI=1S/C28H26Cl2F2N2O2/c1-18(35)33-10-11-36-28(17-33,21-12-25(31)14-26(32)13-21)22-15-34(16-22)27(19-2-6-23(29)7-3-19)20-4-8-24(30)9-5-20/h2-9,12-14,22,27H,10-11,15-17H2,1H3/t28-/m1/s1. The second-order valence-corrected chi connectivity index (χ2v) is 10.4. The number of nitrogens with zero attached hydrogens (tertiary/aromatic N) is 2. The van der Waals surface area contributed by atoms with Crippen molar-refractivity contribution >= 4 is 29.1 Å². The predicted octanol–water partition coefficient (Wildman–Crippen LogP) is 6.07. The van der Waals surface area contributed by atoms with E-state index in [0.717, 1.165) is 17.2 Å². The van der Waals surface area contributed by atoms with E-state index in [9.17, 15) is 13.6 Å². The molecule has 2 heterocycles. The van der Waals surface area contributed by atoms with Crippen molar-refractivity contribution in [3.63, 3.8) is 0 Å². The molecule has 0 aliphatic carbocycles. The molecule has 0 bridgehead atoms. The number of benzene rings is 3. The fourth-order valence-corrected chi connectivity index (χ4v) is 5.65. The molecule has 2 saturated heterocycles. The number of carbonyl (C=O) groups is 1. The van der Waals surface area contributed by atoms with Crippen LogP contribution in [-0.2, 0) is 15.1 Å². The van der Waals surface area contributed by atoms with Crippen molar-refractivity contribution < 1.29 is 18.3 Å². The first-order chi connectivity index (χ1) is 17.2. The second kappa shape index (κ2) is 10.1. The molecule has 2 aliphatic rings. The van der Waals surface area contributed by atoms with Crippen molar-refractivity contribution in [1.82, 2.24) is 9.80 Å². The summed E-state index contributed by atoms with van der Waals surface area (Å²) in [7, 11) is 0.